The maximum Gasteiger partial charge on any atom is 0.257 e. The Labute approximate surface area is 182 Å². The summed E-state index contributed by atoms with van der Waals surface area (Å²) in [6.07, 6.45) is 0. The first-order valence-corrected chi connectivity index (χ1v) is 10.6. The van der Waals surface area contributed by atoms with Gasteiger partial charge in [-0.15, -0.1) is 0 Å². The highest BCUT2D eigenvalue weighted by Gasteiger charge is 2.25. The van der Waals surface area contributed by atoms with Crippen LogP contribution < -0.4 is 10.1 Å². The molecule has 0 spiro atoms. The second-order valence-electron chi connectivity index (χ2n) is 7.31. The van der Waals surface area contributed by atoms with Crippen molar-refractivity contribution in [3.8, 4) is 5.75 Å². The third-order valence-electron chi connectivity index (χ3n) is 5.19. The van der Waals surface area contributed by atoms with E-state index in [2.05, 4.69) is 10.2 Å². The predicted molar refractivity (Wildman–Crippen MR) is 118 cm³/mol. The van der Waals surface area contributed by atoms with Crippen molar-refractivity contribution < 1.29 is 14.3 Å². The smallest absolute Gasteiger partial charge is 0.257 e. The number of ether oxygens (including phenoxy) is 1. The van der Waals surface area contributed by atoms with Gasteiger partial charge in [0.15, 0.2) is 0 Å². The minimum Gasteiger partial charge on any atom is -0.493 e. The van der Waals surface area contributed by atoms with Crippen LogP contribution in [0.1, 0.15) is 35.8 Å². The maximum absolute atomic E-state index is 12.9. The molecule has 1 saturated heterocycles. The molecule has 0 aromatic heterocycles. The Bertz CT molecular complexity index is 882. The largest absolute Gasteiger partial charge is 0.493 e. The number of halogens is 1. The first-order chi connectivity index (χ1) is 14.5. The number of carbonyl (C=O) groups is 2. The number of hydrogen-bond acceptors (Lipinski definition) is 4. The molecule has 1 heterocycles. The Morgan fingerprint density at radius 1 is 1.07 bits per heavy atom. The van der Waals surface area contributed by atoms with Crippen LogP contribution in [0.15, 0.2) is 48.5 Å². The molecule has 2 amide bonds. The van der Waals surface area contributed by atoms with E-state index in [1.165, 1.54) is 0 Å². The Balaban J connectivity index is 1.50. The lowest BCUT2D eigenvalue weighted by Gasteiger charge is -2.34. The van der Waals surface area contributed by atoms with Crippen molar-refractivity contribution in [2.24, 2.45) is 0 Å². The monoisotopic (exact) mass is 429 g/mol. The Morgan fingerprint density at radius 3 is 2.43 bits per heavy atom. The molecule has 1 fully saturated rings. The van der Waals surface area contributed by atoms with Gasteiger partial charge in [-0.2, -0.15) is 0 Å². The summed E-state index contributed by atoms with van der Waals surface area (Å²) in [6, 6.07) is 14.7. The number of amides is 2. The number of hydrogen-bond donors (Lipinski definition) is 1. The van der Waals surface area contributed by atoms with Gasteiger partial charge in [-0.05, 0) is 37.6 Å². The number of nitrogens with one attached hydrogen (secondary N) is 1. The van der Waals surface area contributed by atoms with Crippen molar-refractivity contribution in [1.29, 1.82) is 0 Å². The molecule has 6 nitrogen and oxygen atoms in total. The second-order valence-corrected chi connectivity index (χ2v) is 7.72. The fourth-order valence-electron chi connectivity index (χ4n) is 3.60. The molecule has 160 valence electrons. The molecule has 1 atom stereocenters. The molecule has 1 unspecified atom stereocenters. The van der Waals surface area contributed by atoms with Crippen LogP contribution >= 0.6 is 11.6 Å². The summed E-state index contributed by atoms with van der Waals surface area (Å²) in [6.45, 7) is 7.08. The average molecular weight is 430 g/mol. The maximum atomic E-state index is 12.9. The first kappa shape index (κ1) is 22.1. The van der Waals surface area contributed by atoms with Gasteiger partial charge in [0.05, 0.1) is 24.8 Å². The Kier molecular flexibility index (Phi) is 7.71. The first-order valence-electron chi connectivity index (χ1n) is 10.3. The van der Waals surface area contributed by atoms with Crippen LogP contribution in [-0.4, -0.2) is 60.9 Å². The molecule has 30 heavy (non-hydrogen) atoms. The van der Waals surface area contributed by atoms with E-state index in [9.17, 15) is 9.59 Å². The van der Waals surface area contributed by atoms with Crippen LogP contribution in [-0.2, 0) is 4.79 Å². The topological polar surface area (TPSA) is 61.9 Å². The van der Waals surface area contributed by atoms with Crippen molar-refractivity contribution >= 4 is 23.4 Å². The number of nitrogens with zero attached hydrogens (tertiary/aromatic N) is 2. The highest BCUT2D eigenvalue weighted by Crippen LogP contribution is 2.22. The number of carbonyl (C=O) groups excluding carboxylic acids is 2. The number of para-hydroxylation sites is 1. The van der Waals surface area contributed by atoms with Crippen molar-refractivity contribution in [3.05, 3.63) is 64.7 Å². The van der Waals surface area contributed by atoms with Gasteiger partial charge in [-0.1, -0.05) is 41.9 Å². The summed E-state index contributed by atoms with van der Waals surface area (Å²) >= 11 is 6.21. The molecule has 1 aliphatic heterocycles. The van der Waals surface area contributed by atoms with Crippen molar-refractivity contribution in [2.75, 3.05) is 39.3 Å². The molecule has 2 aromatic rings. The van der Waals surface area contributed by atoms with E-state index in [-0.39, 0.29) is 17.9 Å². The molecule has 1 N–H and O–H groups in total. The van der Waals surface area contributed by atoms with Gasteiger partial charge >= 0.3 is 0 Å². The van der Waals surface area contributed by atoms with Crippen LogP contribution in [0.5, 0.6) is 5.75 Å². The van der Waals surface area contributed by atoms with Crippen molar-refractivity contribution in [1.82, 2.24) is 15.1 Å². The third-order valence-corrected chi connectivity index (χ3v) is 5.54. The zero-order valence-corrected chi connectivity index (χ0v) is 18.2. The van der Waals surface area contributed by atoms with E-state index >= 15 is 0 Å². The van der Waals surface area contributed by atoms with Crippen LogP contribution in [0, 0.1) is 0 Å². The zero-order chi connectivity index (χ0) is 21.5. The number of rotatable bonds is 7. The molecule has 0 bridgehead atoms. The fraction of sp³-hybridized carbons (Fsp3) is 0.391. The quantitative estimate of drug-likeness (QED) is 0.733. The summed E-state index contributed by atoms with van der Waals surface area (Å²) < 4.78 is 5.58. The normalized spacial score (nSPS) is 15.5. The Morgan fingerprint density at radius 2 is 1.73 bits per heavy atom. The van der Waals surface area contributed by atoms with Gasteiger partial charge in [-0.3, -0.25) is 14.5 Å². The lowest BCUT2D eigenvalue weighted by atomic mass is 10.1. The van der Waals surface area contributed by atoms with Crippen LogP contribution in [0.4, 0.5) is 0 Å². The summed E-state index contributed by atoms with van der Waals surface area (Å²) in [5, 5.41) is 3.65. The lowest BCUT2D eigenvalue weighted by molar-refractivity contribution is -0.123. The van der Waals surface area contributed by atoms with Crippen LogP contribution in [0.3, 0.4) is 0 Å². The highest BCUT2D eigenvalue weighted by molar-refractivity contribution is 6.31. The van der Waals surface area contributed by atoms with E-state index in [1.807, 2.05) is 61.2 Å². The summed E-state index contributed by atoms with van der Waals surface area (Å²) in [7, 11) is 0. The zero-order valence-electron chi connectivity index (χ0n) is 17.4. The fourth-order valence-corrected chi connectivity index (χ4v) is 3.90. The number of benzene rings is 2. The summed E-state index contributed by atoms with van der Waals surface area (Å²) in [4.78, 5) is 29.2. The van der Waals surface area contributed by atoms with Gasteiger partial charge in [0.1, 0.15) is 5.75 Å². The molecule has 0 saturated carbocycles. The Hall–Kier alpha value is -2.57. The van der Waals surface area contributed by atoms with E-state index in [0.717, 1.165) is 5.56 Å². The van der Waals surface area contributed by atoms with E-state index in [4.69, 9.17) is 16.3 Å². The van der Waals surface area contributed by atoms with Crippen LogP contribution in [0.25, 0.3) is 0 Å². The van der Waals surface area contributed by atoms with Crippen LogP contribution in [0.2, 0.25) is 5.02 Å². The molecular formula is C23H28ClN3O3. The van der Waals surface area contributed by atoms with Gasteiger partial charge < -0.3 is 15.0 Å². The number of piperazine rings is 1. The average Bonchev–Trinajstić information content (AvgIpc) is 2.74. The SMILES string of the molecule is CCOc1ccccc1C(=O)N1CCN(CC(=O)NC(C)c2ccccc2Cl)CC1. The third kappa shape index (κ3) is 5.52. The minimum absolute atomic E-state index is 0.0320. The van der Waals surface area contributed by atoms with Gasteiger partial charge in [0.25, 0.3) is 5.91 Å². The van der Waals surface area contributed by atoms with Crippen molar-refractivity contribution in [2.45, 2.75) is 19.9 Å². The molecule has 0 radical (unpaired) electrons. The molecular weight excluding hydrogens is 402 g/mol. The van der Waals surface area contributed by atoms with Crippen molar-refractivity contribution in [3.63, 3.8) is 0 Å². The molecule has 2 aromatic carbocycles. The van der Waals surface area contributed by atoms with E-state index in [0.29, 0.717) is 55.7 Å². The second kappa shape index (κ2) is 10.5. The molecule has 0 aliphatic carbocycles. The van der Waals surface area contributed by atoms with Gasteiger partial charge in [0.2, 0.25) is 5.91 Å². The minimum atomic E-state index is -0.163. The molecule has 7 heteroatoms. The van der Waals surface area contributed by atoms with Gasteiger partial charge in [0, 0.05) is 31.2 Å². The van der Waals surface area contributed by atoms with Gasteiger partial charge in [-0.25, -0.2) is 0 Å². The summed E-state index contributed by atoms with van der Waals surface area (Å²) in [5.74, 6) is 0.528. The van der Waals surface area contributed by atoms with E-state index in [1.54, 1.807) is 6.07 Å². The highest BCUT2D eigenvalue weighted by atomic mass is 35.5. The lowest BCUT2D eigenvalue weighted by Crippen LogP contribution is -2.51. The molecule has 1 aliphatic rings. The molecule has 3 rings (SSSR count). The predicted octanol–water partition coefficient (Wildman–Crippen LogP) is 3.37. The standard InChI is InChI=1S/C23H28ClN3O3/c1-3-30-21-11-7-5-9-19(21)23(29)27-14-12-26(13-15-27)16-22(28)25-17(2)18-8-4-6-10-20(18)24/h4-11,17H,3,12-16H2,1-2H3,(H,25,28). The van der Waals surface area contributed by atoms with E-state index < -0.39 is 0 Å². The summed E-state index contributed by atoms with van der Waals surface area (Å²) in [5.41, 5.74) is 1.48.